The van der Waals surface area contributed by atoms with E-state index in [1.54, 1.807) is 6.26 Å². The summed E-state index contributed by atoms with van der Waals surface area (Å²) < 4.78 is 21.3. The Morgan fingerprint density at radius 3 is 2.75 bits per heavy atom. The highest BCUT2D eigenvalue weighted by molar-refractivity contribution is 7.90. The van der Waals surface area contributed by atoms with Gasteiger partial charge in [0, 0.05) is 16.8 Å². The second-order valence-electron chi connectivity index (χ2n) is 7.03. The number of furan rings is 1. The van der Waals surface area contributed by atoms with Gasteiger partial charge in [0.15, 0.2) is 0 Å². The van der Waals surface area contributed by atoms with Crippen LogP contribution in [-0.4, -0.2) is 22.4 Å². The lowest BCUT2D eigenvalue weighted by Gasteiger charge is -2.40. The van der Waals surface area contributed by atoms with Crippen LogP contribution in [0.15, 0.2) is 16.7 Å². The summed E-state index contributed by atoms with van der Waals surface area (Å²) in [4.78, 5) is 0. The Morgan fingerprint density at radius 1 is 1.40 bits per heavy atom. The SMILES string of the molecule is CC(C)(C)[S@@+]([O-])N[C@@H]1c2occc2CC12CCNCC2. The Hall–Kier alpha value is -0.490. The largest absolute Gasteiger partial charge is 0.598 e. The molecule has 0 aromatic carbocycles. The molecule has 5 heteroatoms. The summed E-state index contributed by atoms with van der Waals surface area (Å²) in [6.45, 7) is 8.07. The highest BCUT2D eigenvalue weighted by atomic mass is 32.2. The van der Waals surface area contributed by atoms with Gasteiger partial charge in [0.1, 0.15) is 16.5 Å². The second-order valence-corrected chi connectivity index (χ2v) is 9.03. The first-order valence-electron chi connectivity index (χ1n) is 7.37. The van der Waals surface area contributed by atoms with Gasteiger partial charge >= 0.3 is 0 Å². The number of fused-ring (bicyclic) bond motifs is 1. The topological polar surface area (TPSA) is 60.3 Å². The maximum Gasteiger partial charge on any atom is 0.136 e. The van der Waals surface area contributed by atoms with E-state index in [0.29, 0.717) is 0 Å². The molecule has 3 rings (SSSR count). The molecule has 1 spiro atoms. The number of piperidine rings is 1. The molecule has 0 unspecified atom stereocenters. The van der Waals surface area contributed by atoms with Crippen LogP contribution in [0.2, 0.25) is 0 Å². The van der Waals surface area contributed by atoms with E-state index in [1.165, 1.54) is 5.56 Å². The number of rotatable bonds is 2. The summed E-state index contributed by atoms with van der Waals surface area (Å²) in [5, 5.41) is 3.42. The van der Waals surface area contributed by atoms with Crippen molar-refractivity contribution in [1.29, 1.82) is 0 Å². The van der Waals surface area contributed by atoms with Crippen molar-refractivity contribution < 1.29 is 8.97 Å². The molecule has 0 bridgehead atoms. The van der Waals surface area contributed by atoms with Gasteiger partial charge in [0.25, 0.3) is 0 Å². The molecule has 0 amide bonds. The number of nitrogens with one attached hydrogen (secondary N) is 2. The van der Waals surface area contributed by atoms with E-state index < -0.39 is 11.4 Å². The maximum absolute atomic E-state index is 12.5. The van der Waals surface area contributed by atoms with Crippen LogP contribution in [0.3, 0.4) is 0 Å². The molecule has 2 heterocycles. The van der Waals surface area contributed by atoms with Crippen molar-refractivity contribution in [3.05, 3.63) is 23.7 Å². The van der Waals surface area contributed by atoms with E-state index in [9.17, 15) is 4.55 Å². The minimum atomic E-state index is -1.08. The predicted octanol–water partition coefficient (Wildman–Crippen LogP) is 2.30. The number of hydrogen-bond donors (Lipinski definition) is 2. The molecule has 1 aromatic heterocycles. The molecule has 1 saturated heterocycles. The van der Waals surface area contributed by atoms with E-state index in [4.69, 9.17) is 4.42 Å². The van der Waals surface area contributed by atoms with Crippen molar-refractivity contribution in [3.63, 3.8) is 0 Å². The Morgan fingerprint density at radius 2 is 2.10 bits per heavy atom. The van der Waals surface area contributed by atoms with E-state index >= 15 is 0 Å². The standard InChI is InChI=1S/C15H24N2O2S/c1-14(2,3)20(18)17-13-12-11(4-9-19-12)10-15(13)5-7-16-8-6-15/h4,9,13,16-17H,5-8,10H2,1-3H3/t13-,20-/m1/s1. The van der Waals surface area contributed by atoms with Crippen molar-refractivity contribution in [3.8, 4) is 0 Å². The third kappa shape index (κ3) is 2.41. The molecule has 1 aromatic rings. The molecule has 1 fully saturated rings. The van der Waals surface area contributed by atoms with Gasteiger partial charge in [-0.25, -0.2) is 0 Å². The summed E-state index contributed by atoms with van der Waals surface area (Å²) in [5.41, 5.74) is 1.46. The highest BCUT2D eigenvalue weighted by Gasteiger charge is 2.51. The zero-order valence-corrected chi connectivity index (χ0v) is 13.3. The normalized spacial score (nSPS) is 26.7. The quantitative estimate of drug-likeness (QED) is 0.822. The van der Waals surface area contributed by atoms with Gasteiger partial charge in [-0.15, -0.1) is 4.72 Å². The Labute approximate surface area is 124 Å². The van der Waals surface area contributed by atoms with Crippen molar-refractivity contribution in [2.24, 2.45) is 5.41 Å². The molecule has 0 saturated carbocycles. The zero-order chi connectivity index (χ0) is 14.4. The first-order chi connectivity index (χ1) is 9.42. The molecular weight excluding hydrogens is 272 g/mol. The zero-order valence-electron chi connectivity index (χ0n) is 12.5. The Kier molecular flexibility index (Phi) is 3.65. The Bertz CT molecular complexity index is 474. The van der Waals surface area contributed by atoms with Crippen LogP contribution in [0.25, 0.3) is 0 Å². The van der Waals surface area contributed by atoms with E-state index in [1.807, 2.05) is 20.8 Å². The third-order valence-corrected chi connectivity index (χ3v) is 6.14. The first kappa shape index (κ1) is 14.4. The lowest BCUT2D eigenvalue weighted by molar-refractivity contribution is 0.152. The molecule has 2 atom stereocenters. The molecule has 0 radical (unpaired) electrons. The summed E-state index contributed by atoms with van der Waals surface area (Å²) in [6.07, 6.45) is 5.01. The molecule has 112 valence electrons. The molecule has 20 heavy (non-hydrogen) atoms. The van der Waals surface area contributed by atoms with Crippen LogP contribution in [0.5, 0.6) is 0 Å². The van der Waals surface area contributed by atoms with Crippen LogP contribution >= 0.6 is 0 Å². The van der Waals surface area contributed by atoms with Gasteiger partial charge in [-0.2, -0.15) is 0 Å². The molecule has 1 aliphatic heterocycles. The third-order valence-electron chi connectivity index (χ3n) is 4.58. The minimum Gasteiger partial charge on any atom is -0.598 e. The fraction of sp³-hybridized carbons (Fsp3) is 0.733. The molecule has 4 nitrogen and oxygen atoms in total. The molecule has 1 aliphatic carbocycles. The maximum atomic E-state index is 12.5. The Balaban J connectivity index is 1.87. The predicted molar refractivity (Wildman–Crippen MR) is 80.7 cm³/mol. The van der Waals surface area contributed by atoms with Crippen LogP contribution in [-0.2, 0) is 17.8 Å². The second kappa shape index (κ2) is 5.05. The summed E-state index contributed by atoms with van der Waals surface area (Å²) in [7, 11) is 0. The smallest absolute Gasteiger partial charge is 0.136 e. The van der Waals surface area contributed by atoms with Gasteiger partial charge in [-0.05, 0) is 64.8 Å². The van der Waals surface area contributed by atoms with Gasteiger partial charge in [0.2, 0.25) is 0 Å². The average molecular weight is 296 g/mol. The summed E-state index contributed by atoms with van der Waals surface area (Å²) in [6, 6.07) is 2.15. The lowest BCUT2D eigenvalue weighted by Crippen LogP contribution is -2.48. The van der Waals surface area contributed by atoms with E-state index in [2.05, 4.69) is 16.1 Å². The molecule has 2 aliphatic rings. The van der Waals surface area contributed by atoms with Crippen molar-refractivity contribution in [2.45, 2.75) is 50.8 Å². The van der Waals surface area contributed by atoms with Gasteiger partial charge in [-0.1, -0.05) is 0 Å². The summed E-state index contributed by atoms with van der Waals surface area (Å²) in [5.74, 6) is 1.00. The van der Waals surface area contributed by atoms with E-state index in [-0.39, 0.29) is 16.2 Å². The van der Waals surface area contributed by atoms with Gasteiger partial charge in [-0.3, -0.25) is 0 Å². The van der Waals surface area contributed by atoms with Gasteiger partial charge < -0.3 is 14.3 Å². The van der Waals surface area contributed by atoms with Gasteiger partial charge in [0.05, 0.1) is 6.26 Å². The number of hydrogen-bond acceptors (Lipinski definition) is 4. The molecular formula is C15H24N2O2S. The van der Waals surface area contributed by atoms with Crippen LogP contribution in [0.4, 0.5) is 0 Å². The van der Waals surface area contributed by atoms with Crippen molar-refractivity contribution in [1.82, 2.24) is 10.0 Å². The fourth-order valence-corrected chi connectivity index (χ4v) is 4.28. The van der Waals surface area contributed by atoms with Crippen LogP contribution in [0.1, 0.15) is 51.0 Å². The average Bonchev–Trinajstić information content (AvgIpc) is 2.91. The fourth-order valence-electron chi connectivity index (χ4n) is 3.36. The van der Waals surface area contributed by atoms with Crippen LogP contribution in [0, 0.1) is 5.41 Å². The van der Waals surface area contributed by atoms with E-state index in [0.717, 1.165) is 38.1 Å². The monoisotopic (exact) mass is 296 g/mol. The summed E-state index contributed by atoms with van der Waals surface area (Å²) >= 11 is -1.08. The van der Waals surface area contributed by atoms with Crippen molar-refractivity contribution in [2.75, 3.05) is 13.1 Å². The van der Waals surface area contributed by atoms with Crippen molar-refractivity contribution >= 4 is 11.4 Å². The van der Waals surface area contributed by atoms with Crippen LogP contribution < -0.4 is 10.0 Å². The lowest BCUT2D eigenvalue weighted by atomic mass is 9.74. The first-order valence-corrected chi connectivity index (χ1v) is 8.52. The highest BCUT2D eigenvalue weighted by Crippen LogP contribution is 2.52. The minimum absolute atomic E-state index is 0.0784. The molecule has 2 N–H and O–H groups in total.